The van der Waals surface area contributed by atoms with Gasteiger partial charge in [-0.2, -0.15) is 0 Å². The first-order valence-electron chi connectivity index (χ1n) is 8.89. The number of amides is 1. The lowest BCUT2D eigenvalue weighted by atomic mass is 10.3. The van der Waals surface area contributed by atoms with Crippen molar-refractivity contribution >= 4 is 49.8 Å². The predicted molar refractivity (Wildman–Crippen MR) is 117 cm³/mol. The Hall–Kier alpha value is -2.50. The average molecular weight is 467 g/mol. The van der Waals surface area contributed by atoms with E-state index in [2.05, 4.69) is 15.5 Å². The number of aromatic nitrogens is 2. The van der Waals surface area contributed by atoms with E-state index in [4.69, 9.17) is 0 Å². The summed E-state index contributed by atoms with van der Waals surface area (Å²) in [6, 6.07) is 12.6. The number of carbonyl (C=O) groups excluding carboxylic acids is 1. The second kappa shape index (κ2) is 9.54. The van der Waals surface area contributed by atoms with Crippen LogP contribution in [0, 0.1) is 5.82 Å². The number of carbonyl (C=O) groups is 1. The highest BCUT2D eigenvalue weighted by atomic mass is 32.2. The number of thioether (sulfide) groups is 1. The summed E-state index contributed by atoms with van der Waals surface area (Å²) in [5, 5.41) is 11.1. The Bertz CT molecular complexity index is 1100. The maximum absolute atomic E-state index is 13.3. The quantitative estimate of drug-likeness (QED) is 0.398. The van der Waals surface area contributed by atoms with Gasteiger partial charge in [0.15, 0.2) is 4.34 Å². The zero-order chi connectivity index (χ0) is 21.7. The van der Waals surface area contributed by atoms with Crippen LogP contribution in [0.3, 0.4) is 0 Å². The van der Waals surface area contributed by atoms with Crippen LogP contribution in [-0.4, -0.2) is 36.3 Å². The summed E-state index contributed by atoms with van der Waals surface area (Å²) in [6.45, 7) is 3.52. The van der Waals surface area contributed by atoms with Crippen LogP contribution in [0.4, 0.5) is 15.2 Å². The van der Waals surface area contributed by atoms with Crippen molar-refractivity contribution < 1.29 is 17.6 Å². The number of hydrogen-bond acceptors (Lipinski definition) is 7. The van der Waals surface area contributed by atoms with Crippen LogP contribution in [-0.2, 0) is 14.8 Å². The van der Waals surface area contributed by atoms with Gasteiger partial charge in [-0.15, -0.1) is 10.2 Å². The Balaban J connectivity index is 1.84. The van der Waals surface area contributed by atoms with Gasteiger partial charge in [0.05, 0.1) is 10.6 Å². The summed E-state index contributed by atoms with van der Waals surface area (Å²) in [7, 11) is -4.05. The fourth-order valence-electron chi connectivity index (χ4n) is 2.44. The summed E-state index contributed by atoms with van der Waals surface area (Å²) in [6.07, 6.45) is 0. The molecule has 158 valence electrons. The van der Waals surface area contributed by atoms with Crippen LogP contribution >= 0.6 is 23.1 Å². The molecule has 1 heterocycles. The first-order chi connectivity index (χ1) is 14.3. The summed E-state index contributed by atoms with van der Waals surface area (Å²) in [5.41, 5.74) is 0.170. The highest BCUT2D eigenvalue weighted by Gasteiger charge is 2.27. The van der Waals surface area contributed by atoms with E-state index in [0.29, 0.717) is 9.59 Å². The predicted octanol–water partition coefficient (Wildman–Crippen LogP) is 4.01. The van der Waals surface area contributed by atoms with E-state index in [1.165, 1.54) is 47.4 Å². The largest absolute Gasteiger partial charge is 0.299 e. The molecule has 3 rings (SSSR count). The molecule has 0 bridgehead atoms. The number of halogens is 1. The Morgan fingerprint density at radius 2 is 1.80 bits per heavy atom. The van der Waals surface area contributed by atoms with E-state index in [1.807, 2.05) is 13.8 Å². The van der Waals surface area contributed by atoms with Crippen LogP contribution in [0.1, 0.15) is 13.8 Å². The molecule has 11 heteroatoms. The molecule has 3 aromatic rings. The molecule has 0 aliphatic carbocycles. The van der Waals surface area contributed by atoms with E-state index in [9.17, 15) is 17.6 Å². The molecule has 0 fully saturated rings. The molecule has 0 aliphatic rings. The van der Waals surface area contributed by atoms with Gasteiger partial charge in [0.25, 0.3) is 10.0 Å². The van der Waals surface area contributed by atoms with Crippen molar-refractivity contribution in [3.63, 3.8) is 0 Å². The lowest BCUT2D eigenvalue weighted by Crippen LogP contribution is -2.38. The average Bonchev–Trinajstić information content (AvgIpc) is 3.13. The summed E-state index contributed by atoms with van der Waals surface area (Å²) < 4.78 is 41.3. The smallest absolute Gasteiger partial charge is 0.264 e. The number of nitrogens with zero attached hydrogens (tertiary/aromatic N) is 3. The van der Waals surface area contributed by atoms with Gasteiger partial charge in [-0.05, 0) is 36.4 Å². The van der Waals surface area contributed by atoms with E-state index < -0.39 is 28.3 Å². The highest BCUT2D eigenvalue weighted by molar-refractivity contribution is 8.01. The SMILES string of the molecule is CC(C)Sc1nnc(NC(=O)CN(c2ccc(F)cc2)S(=O)(=O)c2ccccc2)s1. The Kier molecular flexibility index (Phi) is 7.06. The molecule has 0 aliphatic heterocycles. The van der Waals surface area contributed by atoms with Gasteiger partial charge in [-0.3, -0.25) is 14.4 Å². The Labute approximate surface area is 182 Å². The summed E-state index contributed by atoms with van der Waals surface area (Å²) in [5.74, 6) is -1.10. The third kappa shape index (κ3) is 5.55. The van der Waals surface area contributed by atoms with E-state index in [-0.39, 0.29) is 15.7 Å². The van der Waals surface area contributed by atoms with Crippen molar-refractivity contribution in [1.82, 2.24) is 10.2 Å². The minimum Gasteiger partial charge on any atom is -0.299 e. The molecule has 2 aromatic carbocycles. The molecule has 1 amide bonds. The zero-order valence-electron chi connectivity index (χ0n) is 16.1. The lowest BCUT2D eigenvalue weighted by molar-refractivity contribution is -0.114. The molecule has 0 spiro atoms. The van der Waals surface area contributed by atoms with Crippen molar-refractivity contribution in [2.45, 2.75) is 28.3 Å². The number of rotatable bonds is 8. The number of hydrogen-bond donors (Lipinski definition) is 1. The van der Waals surface area contributed by atoms with E-state index in [1.54, 1.807) is 18.2 Å². The fourth-order valence-corrected chi connectivity index (χ4v) is 5.87. The van der Waals surface area contributed by atoms with Gasteiger partial charge in [-0.1, -0.05) is 55.1 Å². The normalized spacial score (nSPS) is 11.5. The van der Waals surface area contributed by atoms with Crippen LogP contribution < -0.4 is 9.62 Å². The number of benzene rings is 2. The Morgan fingerprint density at radius 1 is 1.13 bits per heavy atom. The molecule has 1 N–H and O–H groups in total. The van der Waals surface area contributed by atoms with Gasteiger partial charge in [-0.25, -0.2) is 12.8 Å². The minimum absolute atomic E-state index is 0.0219. The highest BCUT2D eigenvalue weighted by Crippen LogP contribution is 2.29. The third-order valence-electron chi connectivity index (χ3n) is 3.72. The second-order valence-corrected chi connectivity index (χ2v) is 11.1. The standard InChI is InChI=1S/C19H19FN4O3S3/c1-13(2)28-19-23-22-18(29-19)21-17(25)12-24(15-10-8-14(20)9-11-15)30(26,27)16-6-4-3-5-7-16/h3-11,13H,12H2,1-2H3,(H,21,22,25). The van der Waals surface area contributed by atoms with Gasteiger partial charge in [0, 0.05) is 5.25 Å². The van der Waals surface area contributed by atoms with Crippen molar-refractivity contribution in [1.29, 1.82) is 0 Å². The third-order valence-corrected chi connectivity index (χ3v) is 7.44. The molecule has 7 nitrogen and oxygen atoms in total. The molecular weight excluding hydrogens is 447 g/mol. The van der Waals surface area contributed by atoms with Crippen molar-refractivity contribution in [3.8, 4) is 0 Å². The van der Waals surface area contributed by atoms with Crippen molar-refractivity contribution in [3.05, 3.63) is 60.4 Å². The molecule has 0 atom stereocenters. The van der Waals surface area contributed by atoms with Crippen LogP contribution in [0.2, 0.25) is 0 Å². The zero-order valence-corrected chi connectivity index (χ0v) is 18.6. The topological polar surface area (TPSA) is 92.3 Å². The lowest BCUT2D eigenvalue weighted by Gasteiger charge is -2.23. The van der Waals surface area contributed by atoms with Crippen molar-refractivity contribution in [2.75, 3.05) is 16.2 Å². The minimum atomic E-state index is -4.05. The molecule has 0 unspecified atom stereocenters. The van der Waals surface area contributed by atoms with Crippen molar-refractivity contribution in [2.24, 2.45) is 0 Å². The van der Waals surface area contributed by atoms with E-state index in [0.717, 1.165) is 16.4 Å². The first-order valence-corrected chi connectivity index (χ1v) is 12.0. The monoisotopic (exact) mass is 466 g/mol. The fraction of sp³-hybridized carbons (Fsp3) is 0.211. The van der Waals surface area contributed by atoms with Gasteiger partial charge in [0.2, 0.25) is 11.0 Å². The van der Waals surface area contributed by atoms with Crippen LogP contribution in [0.5, 0.6) is 0 Å². The van der Waals surface area contributed by atoms with Gasteiger partial charge in [0.1, 0.15) is 12.4 Å². The maximum atomic E-state index is 13.3. The molecule has 0 saturated carbocycles. The second-order valence-electron chi connectivity index (χ2n) is 6.39. The summed E-state index contributed by atoms with van der Waals surface area (Å²) in [4.78, 5) is 12.6. The number of anilines is 2. The van der Waals surface area contributed by atoms with Gasteiger partial charge >= 0.3 is 0 Å². The maximum Gasteiger partial charge on any atom is 0.264 e. The number of sulfonamides is 1. The van der Waals surface area contributed by atoms with Crippen LogP contribution in [0.15, 0.2) is 63.8 Å². The molecule has 0 saturated heterocycles. The molecular formula is C19H19FN4O3S3. The van der Waals surface area contributed by atoms with E-state index >= 15 is 0 Å². The Morgan fingerprint density at radius 3 is 2.43 bits per heavy atom. The number of nitrogens with one attached hydrogen (secondary N) is 1. The molecule has 0 radical (unpaired) electrons. The summed E-state index contributed by atoms with van der Waals surface area (Å²) >= 11 is 2.72. The van der Waals surface area contributed by atoms with Crippen LogP contribution in [0.25, 0.3) is 0 Å². The van der Waals surface area contributed by atoms with Gasteiger partial charge < -0.3 is 0 Å². The molecule has 1 aromatic heterocycles. The molecule has 30 heavy (non-hydrogen) atoms. The first kappa shape index (κ1) is 22.2.